The minimum absolute atomic E-state index is 0.125. The fourth-order valence-electron chi connectivity index (χ4n) is 1.89. The van der Waals surface area contributed by atoms with Gasteiger partial charge in [-0.05, 0) is 19.1 Å². The summed E-state index contributed by atoms with van der Waals surface area (Å²) in [5.74, 6) is 1.02. The van der Waals surface area contributed by atoms with Crippen molar-refractivity contribution in [3.05, 3.63) is 29.3 Å². The van der Waals surface area contributed by atoms with Crippen LogP contribution < -0.4 is 14.2 Å². The number of fused-ring (bicyclic) bond motifs is 1. The number of rotatable bonds is 3. The van der Waals surface area contributed by atoms with Crippen LogP contribution in [-0.4, -0.2) is 26.6 Å². The molecule has 0 amide bonds. The normalized spacial score (nSPS) is 14.5. The molecule has 2 aromatic rings. The third-order valence-corrected chi connectivity index (χ3v) is 5.21. The number of hydrogen-bond acceptors (Lipinski definition) is 6. The van der Waals surface area contributed by atoms with E-state index in [1.165, 1.54) is 23.5 Å². The monoisotopic (exact) mass is 326 g/mol. The van der Waals surface area contributed by atoms with Gasteiger partial charge < -0.3 is 9.47 Å². The predicted octanol–water partition coefficient (Wildman–Crippen LogP) is 2.41. The summed E-state index contributed by atoms with van der Waals surface area (Å²) < 4.78 is 38.1. The van der Waals surface area contributed by atoms with Crippen LogP contribution in [0.2, 0.25) is 0 Å². The Morgan fingerprint density at radius 2 is 2.00 bits per heavy atom. The molecule has 2 heterocycles. The number of ether oxygens (including phenoxy) is 2. The molecule has 0 fully saturated rings. The zero-order valence-electron chi connectivity index (χ0n) is 11.3. The van der Waals surface area contributed by atoms with Gasteiger partial charge in [0.1, 0.15) is 0 Å². The molecule has 21 heavy (non-hydrogen) atoms. The van der Waals surface area contributed by atoms with Crippen molar-refractivity contribution in [1.29, 1.82) is 0 Å². The number of aromatic nitrogens is 1. The van der Waals surface area contributed by atoms with Crippen LogP contribution >= 0.6 is 11.3 Å². The first kappa shape index (κ1) is 14.2. The number of nitrogens with zero attached hydrogens (tertiary/aromatic N) is 1. The second-order valence-corrected chi connectivity index (χ2v) is 7.10. The van der Waals surface area contributed by atoms with E-state index in [0.717, 1.165) is 12.1 Å². The van der Waals surface area contributed by atoms with Crippen molar-refractivity contribution in [3.63, 3.8) is 0 Å². The summed E-state index contributed by atoms with van der Waals surface area (Å²) in [4.78, 5) is 4.22. The van der Waals surface area contributed by atoms with Crippen molar-refractivity contribution in [1.82, 2.24) is 4.98 Å². The van der Waals surface area contributed by atoms with E-state index in [-0.39, 0.29) is 4.90 Å². The summed E-state index contributed by atoms with van der Waals surface area (Å²) in [6, 6.07) is 4.59. The Morgan fingerprint density at radius 1 is 1.24 bits per heavy atom. The molecule has 0 saturated carbocycles. The third-order valence-electron chi connectivity index (χ3n) is 2.87. The first-order valence-corrected chi connectivity index (χ1v) is 8.75. The molecule has 0 radical (unpaired) electrons. The molecule has 0 saturated heterocycles. The number of thiazole rings is 1. The molecule has 0 bridgehead atoms. The van der Waals surface area contributed by atoms with E-state index in [1.54, 1.807) is 11.4 Å². The highest BCUT2D eigenvalue weighted by atomic mass is 32.2. The largest absolute Gasteiger partial charge is 0.490 e. The molecule has 0 aliphatic carbocycles. The third kappa shape index (κ3) is 3.11. The van der Waals surface area contributed by atoms with Crippen LogP contribution in [0.4, 0.5) is 5.13 Å². The van der Waals surface area contributed by atoms with Gasteiger partial charge in [0.2, 0.25) is 0 Å². The molecule has 1 aromatic heterocycles. The van der Waals surface area contributed by atoms with Gasteiger partial charge in [-0.15, -0.1) is 11.3 Å². The quantitative estimate of drug-likeness (QED) is 0.937. The highest BCUT2D eigenvalue weighted by Gasteiger charge is 2.19. The highest BCUT2D eigenvalue weighted by Crippen LogP contribution is 2.32. The van der Waals surface area contributed by atoms with Crippen molar-refractivity contribution in [2.75, 3.05) is 17.9 Å². The Bertz CT molecular complexity index is 755. The van der Waals surface area contributed by atoms with E-state index in [9.17, 15) is 8.42 Å². The van der Waals surface area contributed by atoms with Gasteiger partial charge in [-0.2, -0.15) is 0 Å². The molecule has 1 aromatic carbocycles. The molecule has 6 nitrogen and oxygen atoms in total. The lowest BCUT2D eigenvalue weighted by molar-refractivity contribution is 0.297. The second kappa shape index (κ2) is 5.53. The SMILES string of the molecule is Cc1csc(NS(=O)(=O)c2ccc3c(c2)OCCCO3)n1. The summed E-state index contributed by atoms with van der Waals surface area (Å²) in [6.45, 7) is 2.88. The lowest BCUT2D eigenvalue weighted by Crippen LogP contribution is -2.13. The van der Waals surface area contributed by atoms with E-state index in [1.807, 2.05) is 6.92 Å². The number of anilines is 1. The minimum Gasteiger partial charge on any atom is -0.490 e. The molecule has 3 rings (SSSR count). The Labute approximate surface area is 126 Å². The van der Waals surface area contributed by atoms with Gasteiger partial charge in [0.15, 0.2) is 16.6 Å². The maximum absolute atomic E-state index is 12.3. The van der Waals surface area contributed by atoms with Crippen molar-refractivity contribution < 1.29 is 17.9 Å². The Morgan fingerprint density at radius 3 is 2.71 bits per heavy atom. The molecule has 112 valence electrons. The van der Waals surface area contributed by atoms with Crippen LogP contribution in [0.15, 0.2) is 28.5 Å². The van der Waals surface area contributed by atoms with Crippen LogP contribution in [0.1, 0.15) is 12.1 Å². The molecule has 1 aliphatic heterocycles. The zero-order valence-corrected chi connectivity index (χ0v) is 13.0. The maximum Gasteiger partial charge on any atom is 0.263 e. The minimum atomic E-state index is -3.68. The number of sulfonamides is 1. The second-order valence-electron chi connectivity index (χ2n) is 4.56. The summed E-state index contributed by atoms with van der Waals surface area (Å²) in [5.41, 5.74) is 0.774. The lowest BCUT2D eigenvalue weighted by atomic mass is 10.3. The summed E-state index contributed by atoms with van der Waals surface area (Å²) in [5, 5.41) is 2.13. The lowest BCUT2D eigenvalue weighted by Gasteiger charge is -2.10. The molecule has 0 unspecified atom stereocenters. The van der Waals surface area contributed by atoms with Crippen LogP contribution in [0, 0.1) is 6.92 Å². The van der Waals surface area contributed by atoms with Gasteiger partial charge in [0.25, 0.3) is 10.0 Å². The van der Waals surface area contributed by atoms with E-state index >= 15 is 0 Å². The summed E-state index contributed by atoms with van der Waals surface area (Å²) >= 11 is 1.25. The van der Waals surface area contributed by atoms with E-state index in [0.29, 0.717) is 29.8 Å². The first-order chi connectivity index (χ1) is 10.0. The molecule has 1 aliphatic rings. The Hall–Kier alpha value is -1.80. The smallest absolute Gasteiger partial charge is 0.263 e. The van der Waals surface area contributed by atoms with Gasteiger partial charge in [0.05, 0.1) is 23.8 Å². The highest BCUT2D eigenvalue weighted by molar-refractivity contribution is 7.93. The fourth-order valence-corrected chi connectivity index (χ4v) is 3.84. The van der Waals surface area contributed by atoms with Gasteiger partial charge >= 0.3 is 0 Å². The van der Waals surface area contributed by atoms with Crippen molar-refractivity contribution in [2.24, 2.45) is 0 Å². The van der Waals surface area contributed by atoms with Gasteiger partial charge in [-0.3, -0.25) is 4.72 Å². The van der Waals surface area contributed by atoms with E-state index in [4.69, 9.17) is 9.47 Å². The van der Waals surface area contributed by atoms with Crippen molar-refractivity contribution in [2.45, 2.75) is 18.2 Å². The van der Waals surface area contributed by atoms with Crippen molar-refractivity contribution >= 4 is 26.5 Å². The van der Waals surface area contributed by atoms with Gasteiger partial charge in [-0.1, -0.05) is 0 Å². The fraction of sp³-hybridized carbons (Fsp3) is 0.308. The van der Waals surface area contributed by atoms with Crippen LogP contribution in [0.25, 0.3) is 0 Å². The van der Waals surface area contributed by atoms with E-state index < -0.39 is 10.0 Å². The number of nitrogens with one attached hydrogen (secondary N) is 1. The maximum atomic E-state index is 12.3. The first-order valence-electron chi connectivity index (χ1n) is 6.39. The number of hydrogen-bond donors (Lipinski definition) is 1. The molecular weight excluding hydrogens is 312 g/mol. The molecular formula is C13H14N2O4S2. The zero-order chi connectivity index (χ0) is 14.9. The van der Waals surface area contributed by atoms with Gasteiger partial charge in [0, 0.05) is 17.9 Å². The molecule has 0 atom stereocenters. The summed E-state index contributed by atoms with van der Waals surface area (Å²) in [7, 11) is -3.68. The topological polar surface area (TPSA) is 77.5 Å². The molecule has 0 spiro atoms. The molecule has 8 heteroatoms. The van der Waals surface area contributed by atoms with Crippen LogP contribution in [0.3, 0.4) is 0 Å². The van der Waals surface area contributed by atoms with E-state index in [2.05, 4.69) is 9.71 Å². The van der Waals surface area contributed by atoms with Gasteiger partial charge in [-0.25, -0.2) is 13.4 Å². The number of aryl methyl sites for hydroxylation is 1. The Balaban J connectivity index is 1.90. The average molecular weight is 326 g/mol. The van der Waals surface area contributed by atoms with Crippen LogP contribution in [0.5, 0.6) is 11.5 Å². The average Bonchev–Trinajstić information content (AvgIpc) is 2.72. The number of benzene rings is 1. The molecule has 1 N–H and O–H groups in total. The van der Waals surface area contributed by atoms with Crippen LogP contribution in [-0.2, 0) is 10.0 Å². The predicted molar refractivity (Wildman–Crippen MR) is 79.7 cm³/mol. The Kier molecular flexibility index (Phi) is 3.73. The standard InChI is InChI=1S/C13H14N2O4S2/c1-9-8-20-13(14-9)15-21(16,17)10-3-4-11-12(7-10)19-6-2-5-18-11/h3-4,7-8H,2,5-6H2,1H3,(H,14,15). The van der Waals surface area contributed by atoms with Crippen molar-refractivity contribution in [3.8, 4) is 11.5 Å². The summed E-state index contributed by atoms with van der Waals surface area (Å²) in [6.07, 6.45) is 0.771.